The number of halogens is 2. The molecule has 0 heterocycles. The molecule has 1 fully saturated rings. The van der Waals surface area contributed by atoms with Crippen LogP contribution in [0, 0.1) is 11.7 Å². The predicted octanol–water partition coefficient (Wildman–Crippen LogP) is 1.92. The maximum absolute atomic E-state index is 12.9. The predicted molar refractivity (Wildman–Crippen MR) is 69.9 cm³/mol. The van der Waals surface area contributed by atoms with Gasteiger partial charge in [-0.15, -0.1) is 0 Å². The van der Waals surface area contributed by atoms with Gasteiger partial charge in [-0.1, -0.05) is 18.0 Å². The number of aliphatic hydroxyl groups excluding tert-OH is 1. The van der Waals surface area contributed by atoms with Crippen LogP contribution in [0.4, 0.5) is 4.39 Å². The van der Waals surface area contributed by atoms with Crippen molar-refractivity contribution < 1.29 is 17.9 Å². The summed E-state index contributed by atoms with van der Waals surface area (Å²) in [6, 6.07) is 2.87. The van der Waals surface area contributed by atoms with Crippen molar-refractivity contribution in [2.45, 2.75) is 30.2 Å². The minimum absolute atomic E-state index is 0.0513. The molecule has 0 spiro atoms. The van der Waals surface area contributed by atoms with E-state index in [2.05, 4.69) is 4.72 Å². The van der Waals surface area contributed by atoms with Crippen LogP contribution in [-0.4, -0.2) is 26.2 Å². The SMILES string of the molecule is O=S(=O)(NC1CCCC1CO)c1ccc(F)cc1Cl. The normalized spacial score (nSPS) is 23.7. The van der Waals surface area contributed by atoms with Crippen molar-refractivity contribution in [1.29, 1.82) is 0 Å². The van der Waals surface area contributed by atoms with Crippen LogP contribution in [0.15, 0.2) is 23.1 Å². The largest absolute Gasteiger partial charge is 0.396 e. The Bertz CT molecular complexity index is 564. The zero-order valence-electron chi connectivity index (χ0n) is 10.1. The first kappa shape index (κ1) is 14.7. The van der Waals surface area contributed by atoms with Crippen molar-refractivity contribution in [3.8, 4) is 0 Å². The van der Waals surface area contributed by atoms with Crippen LogP contribution >= 0.6 is 11.6 Å². The van der Waals surface area contributed by atoms with Gasteiger partial charge in [0.15, 0.2) is 0 Å². The molecule has 1 aromatic carbocycles. The molecule has 19 heavy (non-hydrogen) atoms. The lowest BCUT2D eigenvalue weighted by molar-refractivity contribution is 0.213. The minimum Gasteiger partial charge on any atom is -0.396 e. The van der Waals surface area contributed by atoms with Crippen LogP contribution in [0.1, 0.15) is 19.3 Å². The Morgan fingerprint density at radius 3 is 2.79 bits per heavy atom. The molecule has 4 nitrogen and oxygen atoms in total. The highest BCUT2D eigenvalue weighted by Crippen LogP contribution is 2.28. The van der Waals surface area contributed by atoms with Gasteiger partial charge in [-0.05, 0) is 37.0 Å². The molecule has 1 aliphatic carbocycles. The fraction of sp³-hybridized carbons (Fsp3) is 0.500. The molecule has 106 valence electrons. The molecular weight excluding hydrogens is 293 g/mol. The fourth-order valence-corrected chi connectivity index (χ4v) is 4.24. The molecule has 0 aromatic heterocycles. The Labute approximate surface area is 116 Å². The minimum atomic E-state index is -3.79. The molecule has 1 aromatic rings. The number of hydrogen-bond acceptors (Lipinski definition) is 3. The molecule has 0 saturated heterocycles. The lowest BCUT2D eigenvalue weighted by atomic mass is 10.1. The van der Waals surface area contributed by atoms with Crippen LogP contribution in [0.25, 0.3) is 0 Å². The number of hydrogen-bond donors (Lipinski definition) is 2. The highest BCUT2D eigenvalue weighted by Gasteiger charge is 2.31. The van der Waals surface area contributed by atoms with Crippen molar-refractivity contribution in [2.75, 3.05) is 6.61 Å². The lowest BCUT2D eigenvalue weighted by Crippen LogP contribution is -2.38. The zero-order valence-corrected chi connectivity index (χ0v) is 11.7. The molecule has 1 saturated carbocycles. The first-order chi connectivity index (χ1) is 8.94. The van der Waals surface area contributed by atoms with E-state index in [1.807, 2.05) is 0 Å². The number of aliphatic hydroxyl groups is 1. The Balaban J connectivity index is 2.23. The van der Waals surface area contributed by atoms with Gasteiger partial charge < -0.3 is 5.11 Å². The van der Waals surface area contributed by atoms with Crippen molar-refractivity contribution in [3.63, 3.8) is 0 Å². The van der Waals surface area contributed by atoms with E-state index in [0.717, 1.165) is 31.0 Å². The molecule has 2 atom stereocenters. The van der Waals surface area contributed by atoms with Crippen LogP contribution in [0.5, 0.6) is 0 Å². The first-order valence-corrected chi connectivity index (χ1v) is 7.88. The molecule has 2 N–H and O–H groups in total. The number of nitrogens with one attached hydrogen (secondary N) is 1. The van der Waals surface area contributed by atoms with Gasteiger partial charge in [0.1, 0.15) is 10.7 Å². The summed E-state index contributed by atoms with van der Waals surface area (Å²) < 4.78 is 39.8. The summed E-state index contributed by atoms with van der Waals surface area (Å²) in [5, 5.41) is 9.04. The highest BCUT2D eigenvalue weighted by molar-refractivity contribution is 7.89. The summed E-state index contributed by atoms with van der Waals surface area (Å²) in [4.78, 5) is -0.140. The summed E-state index contributed by atoms with van der Waals surface area (Å²) in [6.45, 7) is -0.0513. The summed E-state index contributed by atoms with van der Waals surface area (Å²) in [5.74, 6) is -0.660. The second-order valence-corrected chi connectivity index (χ2v) is 6.77. The zero-order chi connectivity index (χ0) is 14.0. The number of rotatable bonds is 4. The average molecular weight is 308 g/mol. The van der Waals surface area contributed by atoms with Gasteiger partial charge in [-0.25, -0.2) is 17.5 Å². The van der Waals surface area contributed by atoms with E-state index in [4.69, 9.17) is 11.6 Å². The summed E-state index contributed by atoms with van der Waals surface area (Å²) >= 11 is 5.76. The summed E-state index contributed by atoms with van der Waals surface area (Å²) in [7, 11) is -3.79. The lowest BCUT2D eigenvalue weighted by Gasteiger charge is -2.19. The van der Waals surface area contributed by atoms with E-state index in [1.54, 1.807) is 0 Å². The van der Waals surface area contributed by atoms with Crippen LogP contribution < -0.4 is 4.72 Å². The van der Waals surface area contributed by atoms with Crippen molar-refractivity contribution in [3.05, 3.63) is 29.0 Å². The van der Waals surface area contributed by atoms with Crippen molar-refractivity contribution in [2.24, 2.45) is 5.92 Å². The highest BCUT2D eigenvalue weighted by atomic mass is 35.5. The van der Waals surface area contributed by atoms with Crippen molar-refractivity contribution >= 4 is 21.6 Å². The van der Waals surface area contributed by atoms with Gasteiger partial charge in [-0.3, -0.25) is 0 Å². The average Bonchev–Trinajstić information content (AvgIpc) is 2.74. The first-order valence-electron chi connectivity index (χ1n) is 6.02. The molecule has 0 amide bonds. The maximum atomic E-state index is 12.9. The smallest absolute Gasteiger partial charge is 0.242 e. The Morgan fingerprint density at radius 2 is 2.16 bits per heavy atom. The third-order valence-electron chi connectivity index (χ3n) is 3.38. The van der Waals surface area contributed by atoms with E-state index < -0.39 is 15.8 Å². The quantitative estimate of drug-likeness (QED) is 0.893. The van der Waals surface area contributed by atoms with Gasteiger partial charge in [0.2, 0.25) is 10.0 Å². The summed E-state index contributed by atoms with van der Waals surface area (Å²) in [6.07, 6.45) is 2.35. The van der Waals surface area contributed by atoms with Gasteiger partial charge >= 0.3 is 0 Å². The second-order valence-electron chi connectivity index (χ2n) is 4.68. The van der Waals surface area contributed by atoms with E-state index in [9.17, 15) is 17.9 Å². The third-order valence-corrected chi connectivity index (χ3v) is 5.36. The number of benzene rings is 1. The molecule has 1 aliphatic rings. The fourth-order valence-electron chi connectivity index (χ4n) is 2.37. The van der Waals surface area contributed by atoms with Gasteiger partial charge in [-0.2, -0.15) is 0 Å². The Hall–Kier alpha value is -0.690. The monoisotopic (exact) mass is 307 g/mol. The van der Waals surface area contributed by atoms with Crippen molar-refractivity contribution in [1.82, 2.24) is 4.72 Å². The van der Waals surface area contributed by atoms with E-state index in [1.165, 1.54) is 0 Å². The van der Waals surface area contributed by atoms with Crippen LogP contribution in [-0.2, 0) is 10.0 Å². The van der Waals surface area contributed by atoms with Gasteiger partial charge in [0.25, 0.3) is 0 Å². The maximum Gasteiger partial charge on any atom is 0.242 e. The standard InChI is InChI=1S/C12H15ClFNO3S/c13-10-6-9(14)4-5-12(10)19(17,18)15-11-3-1-2-8(11)7-16/h4-6,8,11,15-16H,1-3,7H2. The molecule has 7 heteroatoms. The number of sulfonamides is 1. The van der Waals surface area contributed by atoms with E-state index in [-0.39, 0.29) is 28.5 Å². The molecule has 0 bridgehead atoms. The molecule has 2 rings (SSSR count). The van der Waals surface area contributed by atoms with E-state index in [0.29, 0.717) is 6.42 Å². The van der Waals surface area contributed by atoms with Gasteiger partial charge in [0.05, 0.1) is 5.02 Å². The molecule has 2 unspecified atom stereocenters. The van der Waals surface area contributed by atoms with E-state index >= 15 is 0 Å². The topological polar surface area (TPSA) is 66.4 Å². The summed E-state index contributed by atoms with van der Waals surface area (Å²) in [5.41, 5.74) is 0. The Kier molecular flexibility index (Phi) is 4.45. The van der Waals surface area contributed by atoms with Crippen LogP contribution in [0.3, 0.4) is 0 Å². The third kappa shape index (κ3) is 3.25. The van der Waals surface area contributed by atoms with Gasteiger partial charge in [0, 0.05) is 12.6 Å². The molecular formula is C12H15ClFNO3S. The molecule has 0 radical (unpaired) electrons. The second kappa shape index (κ2) is 5.75. The Morgan fingerprint density at radius 1 is 1.42 bits per heavy atom. The van der Waals surface area contributed by atoms with Crippen LogP contribution in [0.2, 0.25) is 5.02 Å². The molecule has 0 aliphatic heterocycles.